The molecule has 0 saturated carbocycles. The number of anilines is 1. The molecule has 0 aliphatic carbocycles. The van der Waals surface area contributed by atoms with E-state index in [9.17, 15) is 4.79 Å². The number of rotatable bonds is 3. The van der Waals surface area contributed by atoms with Crippen molar-refractivity contribution >= 4 is 11.6 Å². The van der Waals surface area contributed by atoms with Crippen molar-refractivity contribution in [3.05, 3.63) is 48.4 Å². The van der Waals surface area contributed by atoms with Crippen molar-refractivity contribution in [2.45, 2.75) is 19.4 Å². The molecule has 5 nitrogen and oxygen atoms in total. The molecule has 1 amide bonds. The number of carbonyl (C=O) groups excluding carboxylic acids is 1. The highest BCUT2D eigenvalue weighted by molar-refractivity contribution is 5.94. The molecule has 1 aromatic carbocycles. The highest BCUT2D eigenvalue weighted by Crippen LogP contribution is 2.29. The van der Waals surface area contributed by atoms with Crippen molar-refractivity contribution in [3.8, 4) is 5.75 Å². The number of benzene rings is 1. The van der Waals surface area contributed by atoms with Crippen molar-refractivity contribution in [1.29, 1.82) is 0 Å². The summed E-state index contributed by atoms with van der Waals surface area (Å²) in [6.45, 7) is 4.47. The lowest BCUT2D eigenvalue weighted by Crippen LogP contribution is -2.39. The van der Waals surface area contributed by atoms with Gasteiger partial charge < -0.3 is 19.0 Å². The highest BCUT2D eigenvalue weighted by atomic mass is 16.5. The molecule has 0 bridgehead atoms. The number of ether oxygens (including phenoxy) is 1. The number of carbonyl (C=O) groups is 1. The first-order chi connectivity index (χ1) is 11.2. The summed E-state index contributed by atoms with van der Waals surface area (Å²) in [5.41, 5.74) is 1.70. The second-order valence-electron chi connectivity index (χ2n) is 5.81. The first-order valence-corrected chi connectivity index (χ1v) is 7.92. The van der Waals surface area contributed by atoms with Crippen LogP contribution in [0.15, 0.2) is 47.3 Å². The topological polar surface area (TPSA) is 45.9 Å². The highest BCUT2D eigenvalue weighted by Gasteiger charge is 2.27. The van der Waals surface area contributed by atoms with Crippen LogP contribution in [0.25, 0.3) is 0 Å². The van der Waals surface area contributed by atoms with E-state index in [4.69, 9.17) is 9.15 Å². The van der Waals surface area contributed by atoms with Crippen LogP contribution in [0.4, 0.5) is 5.69 Å². The van der Waals surface area contributed by atoms with E-state index in [0.717, 1.165) is 30.9 Å². The second kappa shape index (κ2) is 6.77. The van der Waals surface area contributed by atoms with Crippen LogP contribution in [0.3, 0.4) is 0 Å². The van der Waals surface area contributed by atoms with Gasteiger partial charge in [-0.3, -0.25) is 4.79 Å². The van der Waals surface area contributed by atoms with Crippen LogP contribution in [-0.4, -0.2) is 43.6 Å². The Morgan fingerprint density at radius 2 is 2.04 bits per heavy atom. The van der Waals surface area contributed by atoms with Gasteiger partial charge in [0, 0.05) is 25.7 Å². The van der Waals surface area contributed by atoms with E-state index in [-0.39, 0.29) is 11.9 Å². The summed E-state index contributed by atoms with van der Waals surface area (Å²) >= 11 is 0. The van der Waals surface area contributed by atoms with E-state index < -0.39 is 0 Å². The summed E-state index contributed by atoms with van der Waals surface area (Å²) in [6, 6.07) is 9.93. The molecule has 122 valence electrons. The Hall–Kier alpha value is -2.43. The van der Waals surface area contributed by atoms with Crippen LogP contribution in [0.5, 0.6) is 5.75 Å². The molecule has 3 rings (SSSR count). The molecule has 0 N–H and O–H groups in total. The van der Waals surface area contributed by atoms with Crippen molar-refractivity contribution < 1.29 is 13.9 Å². The van der Waals surface area contributed by atoms with Gasteiger partial charge in [-0.05, 0) is 31.5 Å². The van der Waals surface area contributed by atoms with Gasteiger partial charge in [-0.25, -0.2) is 0 Å². The monoisotopic (exact) mass is 314 g/mol. The van der Waals surface area contributed by atoms with E-state index in [1.165, 1.54) is 12.5 Å². The minimum atomic E-state index is 0.0353. The molecule has 2 heterocycles. The van der Waals surface area contributed by atoms with E-state index in [0.29, 0.717) is 12.1 Å². The number of furan rings is 1. The summed E-state index contributed by atoms with van der Waals surface area (Å²) in [4.78, 5) is 16.8. The second-order valence-corrected chi connectivity index (χ2v) is 5.81. The largest absolute Gasteiger partial charge is 0.495 e. The van der Waals surface area contributed by atoms with Crippen LogP contribution >= 0.6 is 0 Å². The third kappa shape index (κ3) is 3.18. The Kier molecular flexibility index (Phi) is 4.55. The fourth-order valence-electron chi connectivity index (χ4n) is 3.04. The third-order valence-electron chi connectivity index (χ3n) is 4.41. The maximum absolute atomic E-state index is 12.6. The lowest BCUT2D eigenvalue weighted by molar-refractivity contribution is 0.0704. The molecule has 1 aromatic heterocycles. The predicted octanol–water partition coefficient (Wildman–Crippen LogP) is 3.03. The zero-order valence-corrected chi connectivity index (χ0v) is 13.6. The van der Waals surface area contributed by atoms with Gasteiger partial charge in [0.2, 0.25) is 0 Å². The Morgan fingerprint density at radius 3 is 2.78 bits per heavy atom. The molecule has 0 spiro atoms. The summed E-state index contributed by atoms with van der Waals surface area (Å²) in [7, 11) is 1.69. The molecule has 0 radical (unpaired) electrons. The van der Waals surface area contributed by atoms with Gasteiger partial charge in [0.25, 0.3) is 5.91 Å². The van der Waals surface area contributed by atoms with Crippen LogP contribution in [0, 0.1) is 0 Å². The SMILES string of the molecule is COc1ccccc1N1CCC(C)N(C(=O)c2ccoc2)CC1. The van der Waals surface area contributed by atoms with Gasteiger partial charge in [-0.1, -0.05) is 12.1 Å². The van der Waals surface area contributed by atoms with Crippen LogP contribution in [0.1, 0.15) is 23.7 Å². The van der Waals surface area contributed by atoms with E-state index in [2.05, 4.69) is 17.9 Å². The fourth-order valence-corrected chi connectivity index (χ4v) is 3.04. The van der Waals surface area contributed by atoms with Crippen LogP contribution in [-0.2, 0) is 0 Å². The summed E-state index contributed by atoms with van der Waals surface area (Å²) in [5, 5.41) is 0. The average Bonchev–Trinajstić information content (AvgIpc) is 3.05. The van der Waals surface area contributed by atoms with Crippen molar-refractivity contribution in [2.75, 3.05) is 31.6 Å². The lowest BCUT2D eigenvalue weighted by atomic mass is 10.2. The van der Waals surface area contributed by atoms with E-state index >= 15 is 0 Å². The molecule has 1 atom stereocenters. The maximum Gasteiger partial charge on any atom is 0.257 e. The summed E-state index contributed by atoms with van der Waals surface area (Å²) in [5.74, 6) is 0.905. The molecule has 1 saturated heterocycles. The number of hydrogen-bond acceptors (Lipinski definition) is 4. The van der Waals surface area contributed by atoms with Crippen LogP contribution < -0.4 is 9.64 Å². The van der Waals surface area contributed by atoms with E-state index in [1.54, 1.807) is 13.2 Å². The number of methoxy groups -OCH3 is 1. The maximum atomic E-state index is 12.6. The Bertz CT molecular complexity index is 654. The molecule has 2 aromatic rings. The van der Waals surface area contributed by atoms with Gasteiger partial charge in [0.05, 0.1) is 24.6 Å². The molecular formula is C18H22N2O3. The van der Waals surface area contributed by atoms with Gasteiger partial charge in [0.15, 0.2) is 0 Å². The van der Waals surface area contributed by atoms with Crippen molar-refractivity contribution in [3.63, 3.8) is 0 Å². The Balaban J connectivity index is 1.77. The summed E-state index contributed by atoms with van der Waals surface area (Å²) in [6.07, 6.45) is 3.97. The number of hydrogen-bond donors (Lipinski definition) is 0. The zero-order chi connectivity index (χ0) is 16.2. The third-order valence-corrected chi connectivity index (χ3v) is 4.41. The Morgan fingerprint density at radius 1 is 1.22 bits per heavy atom. The minimum absolute atomic E-state index is 0.0353. The van der Waals surface area contributed by atoms with Gasteiger partial charge in [-0.2, -0.15) is 0 Å². The van der Waals surface area contributed by atoms with Gasteiger partial charge >= 0.3 is 0 Å². The molecule has 1 aliphatic heterocycles. The lowest BCUT2D eigenvalue weighted by Gasteiger charge is -2.26. The van der Waals surface area contributed by atoms with E-state index in [1.807, 2.05) is 23.1 Å². The molecule has 1 aliphatic rings. The van der Waals surface area contributed by atoms with Crippen molar-refractivity contribution in [2.24, 2.45) is 0 Å². The first kappa shape index (κ1) is 15.5. The number of nitrogens with zero attached hydrogens (tertiary/aromatic N) is 2. The Labute approximate surface area is 136 Å². The molecule has 1 unspecified atom stereocenters. The fraction of sp³-hybridized carbons (Fsp3) is 0.389. The predicted molar refractivity (Wildman–Crippen MR) is 89.0 cm³/mol. The molecule has 1 fully saturated rings. The van der Waals surface area contributed by atoms with Gasteiger partial charge in [0.1, 0.15) is 12.0 Å². The molecular weight excluding hydrogens is 292 g/mol. The smallest absolute Gasteiger partial charge is 0.257 e. The number of amides is 1. The number of para-hydroxylation sites is 2. The first-order valence-electron chi connectivity index (χ1n) is 7.92. The molecule has 23 heavy (non-hydrogen) atoms. The zero-order valence-electron chi connectivity index (χ0n) is 13.6. The average molecular weight is 314 g/mol. The summed E-state index contributed by atoms with van der Waals surface area (Å²) < 4.78 is 10.5. The van der Waals surface area contributed by atoms with Crippen molar-refractivity contribution in [1.82, 2.24) is 4.90 Å². The quantitative estimate of drug-likeness (QED) is 0.873. The molecule has 5 heteroatoms. The van der Waals surface area contributed by atoms with Gasteiger partial charge in [-0.15, -0.1) is 0 Å². The van der Waals surface area contributed by atoms with Crippen LogP contribution in [0.2, 0.25) is 0 Å². The minimum Gasteiger partial charge on any atom is -0.495 e. The normalized spacial score (nSPS) is 18.6. The standard InChI is InChI=1S/C18H22N2O3/c1-14-7-9-19(16-5-3-4-6-17(16)22-2)10-11-20(14)18(21)15-8-12-23-13-15/h3-6,8,12-14H,7,9-11H2,1-2H3.